The fraction of sp³-hybridized carbons (Fsp3) is 0.880. The van der Waals surface area contributed by atoms with Crippen LogP contribution in [0.5, 0.6) is 0 Å². The third-order valence-electron chi connectivity index (χ3n) is 6.07. The molecule has 1 aliphatic rings. The Bertz CT molecular complexity index is 750. The van der Waals surface area contributed by atoms with Crippen molar-refractivity contribution in [3.8, 4) is 0 Å². The first-order valence-electron chi connectivity index (χ1n) is 13.3. The van der Waals surface area contributed by atoms with Gasteiger partial charge in [-0.05, 0) is 32.1 Å². The van der Waals surface area contributed by atoms with E-state index < -0.39 is 65.3 Å². The number of allylic oxidation sites excluding steroid dienone is 2. The van der Waals surface area contributed by atoms with Crippen molar-refractivity contribution in [3.63, 3.8) is 0 Å². The van der Waals surface area contributed by atoms with Gasteiger partial charge in [0.25, 0.3) is 0 Å². The average molecular weight is 577 g/mol. The molecule has 1 rings (SSSR count). The molecule has 0 spiro atoms. The number of carbonyl (C=O) groups is 1. The quantitative estimate of drug-likeness (QED) is 0.0436. The number of esters is 1. The van der Waals surface area contributed by atoms with Crippen LogP contribution in [0.3, 0.4) is 0 Å². The van der Waals surface area contributed by atoms with Crippen molar-refractivity contribution >= 4 is 16.1 Å². The number of hydrogen-bond donors (Lipinski definition) is 4. The molecular weight excluding hydrogens is 531 g/mol. The molecule has 0 aromatic heterocycles. The van der Waals surface area contributed by atoms with E-state index in [2.05, 4.69) is 19.1 Å². The molecule has 1 fully saturated rings. The third kappa shape index (κ3) is 17.5. The first-order valence-corrected chi connectivity index (χ1v) is 14.9. The molecule has 38 heavy (non-hydrogen) atoms. The van der Waals surface area contributed by atoms with Crippen LogP contribution >= 0.6 is 0 Å². The number of carbonyl (C=O) groups excluding carboxylic acids is 1. The normalized spacial score (nSPS) is 24.7. The SMILES string of the molecule is CCCCCC/C=C/CCCCCCCC(=O)OCC(O)COC1OC(CS(=O)(=O)[O-])C(O)C(O)C1O.[Na+]. The summed E-state index contributed by atoms with van der Waals surface area (Å²) in [5, 5.41) is 39.6. The number of rotatable bonds is 20. The fourth-order valence-corrected chi connectivity index (χ4v) is 4.57. The minimum absolute atomic E-state index is 0. The molecule has 0 saturated carbocycles. The predicted octanol–water partition coefficient (Wildman–Crippen LogP) is -1.48. The fourth-order valence-electron chi connectivity index (χ4n) is 3.89. The Morgan fingerprint density at radius 3 is 2.11 bits per heavy atom. The maximum absolute atomic E-state index is 11.9. The Morgan fingerprint density at radius 1 is 0.921 bits per heavy atom. The average Bonchev–Trinajstić information content (AvgIpc) is 2.84. The molecule has 0 amide bonds. The summed E-state index contributed by atoms with van der Waals surface area (Å²) in [7, 11) is -4.79. The Kier molecular flexibility index (Phi) is 21.5. The Labute approximate surface area is 249 Å². The van der Waals surface area contributed by atoms with E-state index in [1.54, 1.807) is 0 Å². The molecule has 6 atom stereocenters. The summed E-state index contributed by atoms with van der Waals surface area (Å²) in [6.07, 6.45) is 7.09. The molecule has 218 valence electrons. The van der Waals surface area contributed by atoms with E-state index >= 15 is 0 Å². The molecule has 0 aromatic rings. The number of aliphatic hydroxyl groups excluding tert-OH is 4. The predicted molar refractivity (Wildman–Crippen MR) is 134 cm³/mol. The van der Waals surface area contributed by atoms with Crippen molar-refractivity contribution < 1.29 is 82.0 Å². The minimum atomic E-state index is -4.79. The van der Waals surface area contributed by atoms with Gasteiger partial charge in [0.05, 0.1) is 22.5 Å². The topological polar surface area (TPSA) is 183 Å². The molecule has 1 saturated heterocycles. The molecule has 11 nitrogen and oxygen atoms in total. The van der Waals surface area contributed by atoms with Gasteiger partial charge < -0.3 is 39.2 Å². The van der Waals surface area contributed by atoms with Gasteiger partial charge in [-0.2, -0.15) is 0 Å². The zero-order valence-corrected chi connectivity index (χ0v) is 25.6. The first kappa shape index (κ1) is 37.9. The van der Waals surface area contributed by atoms with E-state index in [0.717, 1.165) is 38.5 Å². The summed E-state index contributed by atoms with van der Waals surface area (Å²) < 4.78 is 48.1. The van der Waals surface area contributed by atoms with Gasteiger partial charge >= 0.3 is 35.5 Å². The van der Waals surface area contributed by atoms with Crippen molar-refractivity contribution in [1.29, 1.82) is 0 Å². The van der Waals surface area contributed by atoms with Crippen LogP contribution in [0.15, 0.2) is 12.2 Å². The second-order valence-corrected chi connectivity index (χ2v) is 11.0. The van der Waals surface area contributed by atoms with Crippen molar-refractivity contribution in [2.45, 2.75) is 121 Å². The molecule has 1 heterocycles. The van der Waals surface area contributed by atoms with Crippen LogP contribution in [0.25, 0.3) is 0 Å². The summed E-state index contributed by atoms with van der Waals surface area (Å²) in [5.74, 6) is -1.59. The molecule has 0 aromatic carbocycles. The van der Waals surface area contributed by atoms with Gasteiger partial charge in [0, 0.05) is 6.42 Å². The van der Waals surface area contributed by atoms with Gasteiger partial charge in [-0.25, -0.2) is 8.42 Å². The molecule has 4 N–H and O–H groups in total. The van der Waals surface area contributed by atoms with E-state index in [1.165, 1.54) is 25.7 Å². The van der Waals surface area contributed by atoms with Crippen LogP contribution in [0.4, 0.5) is 0 Å². The number of hydrogen-bond acceptors (Lipinski definition) is 11. The van der Waals surface area contributed by atoms with E-state index in [4.69, 9.17) is 14.2 Å². The summed E-state index contributed by atoms with van der Waals surface area (Å²) in [6, 6.07) is 0. The summed E-state index contributed by atoms with van der Waals surface area (Å²) in [5.41, 5.74) is 0. The first-order chi connectivity index (χ1) is 17.5. The van der Waals surface area contributed by atoms with Gasteiger partial charge in [-0.1, -0.05) is 57.6 Å². The van der Waals surface area contributed by atoms with E-state index in [9.17, 15) is 38.2 Å². The summed E-state index contributed by atoms with van der Waals surface area (Å²) in [4.78, 5) is 11.9. The molecule has 0 aliphatic carbocycles. The van der Waals surface area contributed by atoms with Gasteiger partial charge in [-0.3, -0.25) is 4.79 Å². The smallest absolute Gasteiger partial charge is 0.748 e. The van der Waals surface area contributed by atoms with Crippen LogP contribution in [-0.4, -0.2) is 95.1 Å². The standard InChI is InChI=1S/C25H46O11S.Na/c1-2-3-4-5-6-7-8-9-10-11-12-13-14-15-21(27)34-16-19(26)17-35-25-24(30)23(29)22(28)20(36-25)18-37(31,32)33;/h7-8,19-20,22-26,28-30H,2-6,9-18H2,1H3,(H,31,32,33);/q;+1/p-1/b8-7+;. The van der Waals surface area contributed by atoms with Crippen LogP contribution in [0.2, 0.25) is 0 Å². The van der Waals surface area contributed by atoms with Gasteiger partial charge in [-0.15, -0.1) is 0 Å². The zero-order valence-electron chi connectivity index (χ0n) is 22.8. The summed E-state index contributed by atoms with van der Waals surface area (Å²) >= 11 is 0. The van der Waals surface area contributed by atoms with Crippen molar-refractivity contribution in [3.05, 3.63) is 12.2 Å². The molecule has 0 radical (unpaired) electrons. The van der Waals surface area contributed by atoms with Crippen molar-refractivity contribution in [2.24, 2.45) is 0 Å². The third-order valence-corrected chi connectivity index (χ3v) is 6.81. The second-order valence-electron chi connectivity index (χ2n) is 9.54. The van der Waals surface area contributed by atoms with Gasteiger partial charge in [0.1, 0.15) is 37.1 Å². The van der Waals surface area contributed by atoms with E-state index in [1.807, 2.05) is 0 Å². The number of aliphatic hydroxyl groups is 4. The molecule has 6 unspecified atom stereocenters. The Morgan fingerprint density at radius 2 is 1.50 bits per heavy atom. The second kappa shape index (κ2) is 21.6. The number of unbranched alkanes of at least 4 members (excludes halogenated alkanes) is 9. The minimum Gasteiger partial charge on any atom is -0.748 e. The molecule has 1 aliphatic heterocycles. The van der Waals surface area contributed by atoms with Gasteiger partial charge in [0.15, 0.2) is 6.29 Å². The Balaban J connectivity index is 0.0000137. The molecule has 13 heteroatoms. The largest absolute Gasteiger partial charge is 1.00 e. The van der Waals surface area contributed by atoms with Gasteiger partial charge in [0.2, 0.25) is 0 Å². The monoisotopic (exact) mass is 576 g/mol. The van der Waals surface area contributed by atoms with E-state index in [-0.39, 0.29) is 42.6 Å². The maximum Gasteiger partial charge on any atom is 1.00 e. The Hall–Kier alpha value is -0.120. The summed E-state index contributed by atoms with van der Waals surface area (Å²) in [6.45, 7) is 1.37. The maximum atomic E-state index is 11.9. The van der Waals surface area contributed by atoms with Crippen molar-refractivity contribution in [1.82, 2.24) is 0 Å². The van der Waals surface area contributed by atoms with Crippen LogP contribution in [0, 0.1) is 0 Å². The van der Waals surface area contributed by atoms with Crippen molar-refractivity contribution in [2.75, 3.05) is 19.0 Å². The molecular formula is C25H45NaO11S. The molecule has 0 bridgehead atoms. The van der Waals surface area contributed by atoms with Crippen LogP contribution < -0.4 is 29.6 Å². The van der Waals surface area contributed by atoms with E-state index in [0.29, 0.717) is 6.42 Å². The number of ether oxygens (including phenoxy) is 3. The van der Waals surface area contributed by atoms with Crippen LogP contribution in [-0.2, 0) is 29.1 Å². The van der Waals surface area contributed by atoms with Crippen LogP contribution in [0.1, 0.15) is 84.0 Å². The zero-order chi connectivity index (χ0) is 27.7.